The van der Waals surface area contributed by atoms with Gasteiger partial charge in [-0.2, -0.15) is 0 Å². The largest absolute Gasteiger partial charge is 0.340 e. The fourth-order valence-corrected chi connectivity index (χ4v) is 3.29. The van der Waals surface area contributed by atoms with Crippen LogP contribution in [-0.2, 0) is 4.79 Å². The third-order valence-corrected chi connectivity index (χ3v) is 4.65. The molecule has 2 saturated heterocycles. The normalized spacial score (nSPS) is 30.3. The lowest BCUT2D eigenvalue weighted by Gasteiger charge is -2.28. The van der Waals surface area contributed by atoms with Crippen LogP contribution in [0.1, 0.15) is 45.4 Å². The smallest absolute Gasteiger partial charge is 0.239 e. The first kappa shape index (κ1) is 13.8. The van der Waals surface area contributed by atoms with Crippen LogP contribution in [-0.4, -0.2) is 54.0 Å². The van der Waals surface area contributed by atoms with E-state index in [1.165, 1.54) is 12.8 Å². The van der Waals surface area contributed by atoms with E-state index >= 15 is 0 Å². The average Bonchev–Trinajstić information content (AvgIpc) is 2.59. The maximum absolute atomic E-state index is 12.3. The summed E-state index contributed by atoms with van der Waals surface area (Å²) < 4.78 is 0. The van der Waals surface area contributed by atoms with Gasteiger partial charge in [-0.3, -0.25) is 9.69 Å². The van der Waals surface area contributed by atoms with Crippen molar-refractivity contribution in [3.8, 4) is 0 Å². The molecule has 0 saturated carbocycles. The van der Waals surface area contributed by atoms with Crippen molar-refractivity contribution in [3.05, 3.63) is 0 Å². The molecular formula is C14H27N3O. The number of unbranched alkanes of at least 4 members (excludes halogenated alkanes) is 1. The summed E-state index contributed by atoms with van der Waals surface area (Å²) in [6.07, 6.45) is 6.62. The van der Waals surface area contributed by atoms with Crippen LogP contribution in [0.3, 0.4) is 0 Å². The molecule has 0 unspecified atom stereocenters. The van der Waals surface area contributed by atoms with Gasteiger partial charge in [-0.1, -0.05) is 19.8 Å². The molecule has 2 aliphatic heterocycles. The lowest BCUT2D eigenvalue weighted by molar-refractivity contribution is -0.133. The molecule has 4 nitrogen and oxygen atoms in total. The number of rotatable bonds is 4. The number of nitrogens with zero attached hydrogens (tertiary/aromatic N) is 2. The van der Waals surface area contributed by atoms with E-state index in [0.717, 1.165) is 38.8 Å². The van der Waals surface area contributed by atoms with E-state index in [-0.39, 0.29) is 11.9 Å². The molecule has 2 N–H and O–H groups in total. The Morgan fingerprint density at radius 2 is 2.06 bits per heavy atom. The van der Waals surface area contributed by atoms with Crippen molar-refractivity contribution in [1.82, 2.24) is 9.80 Å². The minimum atomic E-state index is -0.285. The SMILES string of the molecule is CCCC[C@@H](N)C(=O)N1CC[C@H]2CC[C@@H](C1)N2C. The van der Waals surface area contributed by atoms with Gasteiger partial charge in [-0.25, -0.2) is 0 Å². The fraction of sp³-hybridized carbons (Fsp3) is 0.929. The molecule has 0 aliphatic carbocycles. The number of amides is 1. The van der Waals surface area contributed by atoms with E-state index in [0.29, 0.717) is 12.1 Å². The van der Waals surface area contributed by atoms with Crippen molar-refractivity contribution in [2.24, 2.45) is 5.73 Å². The van der Waals surface area contributed by atoms with Crippen molar-refractivity contribution in [3.63, 3.8) is 0 Å². The number of carbonyl (C=O) groups is 1. The molecule has 0 aromatic carbocycles. The Balaban J connectivity index is 1.91. The second kappa shape index (κ2) is 6.02. The second-order valence-electron chi connectivity index (χ2n) is 5.87. The molecule has 4 heteroatoms. The third-order valence-electron chi connectivity index (χ3n) is 4.65. The Morgan fingerprint density at radius 3 is 2.78 bits per heavy atom. The summed E-state index contributed by atoms with van der Waals surface area (Å²) in [5, 5.41) is 0. The highest BCUT2D eigenvalue weighted by Crippen LogP contribution is 2.28. The number of fused-ring (bicyclic) bond motifs is 2. The first-order chi connectivity index (χ1) is 8.63. The number of hydrogen-bond acceptors (Lipinski definition) is 3. The molecule has 104 valence electrons. The third kappa shape index (κ3) is 2.86. The van der Waals surface area contributed by atoms with Gasteiger partial charge in [0.1, 0.15) is 0 Å². The zero-order valence-corrected chi connectivity index (χ0v) is 11.8. The molecule has 2 aliphatic rings. The van der Waals surface area contributed by atoms with Gasteiger partial charge in [-0.15, -0.1) is 0 Å². The predicted octanol–water partition coefficient (Wildman–Crippen LogP) is 1.20. The molecule has 3 atom stereocenters. The Labute approximate surface area is 110 Å². The van der Waals surface area contributed by atoms with Gasteiger partial charge in [0.15, 0.2) is 0 Å². The summed E-state index contributed by atoms with van der Waals surface area (Å²) in [5.41, 5.74) is 6.01. The Morgan fingerprint density at radius 1 is 1.33 bits per heavy atom. The maximum atomic E-state index is 12.3. The lowest BCUT2D eigenvalue weighted by Crippen LogP contribution is -2.47. The van der Waals surface area contributed by atoms with Gasteiger partial charge < -0.3 is 10.6 Å². The molecule has 1 amide bonds. The van der Waals surface area contributed by atoms with Gasteiger partial charge in [0.25, 0.3) is 0 Å². The summed E-state index contributed by atoms with van der Waals surface area (Å²) in [4.78, 5) is 16.8. The Kier molecular flexibility index (Phi) is 4.62. The molecule has 18 heavy (non-hydrogen) atoms. The molecule has 2 rings (SSSR count). The van der Waals surface area contributed by atoms with Crippen LogP contribution in [0.15, 0.2) is 0 Å². The van der Waals surface area contributed by atoms with E-state index < -0.39 is 0 Å². The van der Waals surface area contributed by atoms with Gasteiger partial charge in [-0.05, 0) is 32.7 Å². The van der Waals surface area contributed by atoms with E-state index in [4.69, 9.17) is 5.73 Å². The molecule has 2 heterocycles. The van der Waals surface area contributed by atoms with Crippen LogP contribution in [0.4, 0.5) is 0 Å². The van der Waals surface area contributed by atoms with E-state index in [1.807, 2.05) is 4.90 Å². The summed E-state index contributed by atoms with van der Waals surface area (Å²) in [6.45, 7) is 3.91. The summed E-state index contributed by atoms with van der Waals surface area (Å²) in [5.74, 6) is 0.171. The summed E-state index contributed by atoms with van der Waals surface area (Å²) in [7, 11) is 2.20. The highest BCUT2D eigenvalue weighted by molar-refractivity contribution is 5.81. The van der Waals surface area contributed by atoms with Crippen LogP contribution in [0, 0.1) is 0 Å². The Bertz CT molecular complexity index is 295. The van der Waals surface area contributed by atoms with Gasteiger partial charge in [0.2, 0.25) is 5.91 Å². The van der Waals surface area contributed by atoms with Crippen molar-refractivity contribution in [2.45, 2.75) is 63.6 Å². The van der Waals surface area contributed by atoms with Gasteiger partial charge >= 0.3 is 0 Å². The van der Waals surface area contributed by atoms with Gasteiger partial charge in [0.05, 0.1) is 6.04 Å². The zero-order chi connectivity index (χ0) is 13.1. The second-order valence-corrected chi connectivity index (χ2v) is 5.87. The minimum absolute atomic E-state index is 0.171. The first-order valence-electron chi connectivity index (χ1n) is 7.39. The molecule has 0 aromatic heterocycles. The van der Waals surface area contributed by atoms with Crippen LogP contribution < -0.4 is 5.73 Å². The molecular weight excluding hydrogens is 226 g/mol. The maximum Gasteiger partial charge on any atom is 0.239 e. The predicted molar refractivity (Wildman–Crippen MR) is 73.3 cm³/mol. The van der Waals surface area contributed by atoms with Crippen LogP contribution in [0.2, 0.25) is 0 Å². The number of nitrogens with two attached hydrogens (primary N) is 1. The lowest BCUT2D eigenvalue weighted by atomic mass is 10.1. The highest BCUT2D eigenvalue weighted by atomic mass is 16.2. The zero-order valence-electron chi connectivity index (χ0n) is 11.8. The van der Waals surface area contributed by atoms with E-state index in [1.54, 1.807) is 0 Å². The van der Waals surface area contributed by atoms with Crippen LogP contribution >= 0.6 is 0 Å². The first-order valence-corrected chi connectivity index (χ1v) is 7.39. The molecule has 2 bridgehead atoms. The number of likely N-dealkylation sites (N-methyl/N-ethyl adjacent to an activating group) is 1. The standard InChI is InChI=1S/C14H27N3O/c1-3-4-5-13(15)14(18)17-9-8-11-6-7-12(10-17)16(11)2/h11-13H,3-10,15H2,1-2H3/t11-,12+,13-/m1/s1. The fourth-order valence-electron chi connectivity index (χ4n) is 3.29. The highest BCUT2D eigenvalue weighted by Gasteiger charge is 2.36. The van der Waals surface area contributed by atoms with Crippen molar-refractivity contribution in [2.75, 3.05) is 20.1 Å². The monoisotopic (exact) mass is 253 g/mol. The van der Waals surface area contributed by atoms with Crippen molar-refractivity contribution >= 4 is 5.91 Å². The van der Waals surface area contributed by atoms with Crippen LogP contribution in [0.5, 0.6) is 0 Å². The topological polar surface area (TPSA) is 49.6 Å². The van der Waals surface area contributed by atoms with Crippen molar-refractivity contribution < 1.29 is 4.79 Å². The van der Waals surface area contributed by atoms with E-state index in [2.05, 4.69) is 18.9 Å². The summed E-state index contributed by atoms with van der Waals surface area (Å²) in [6, 6.07) is 0.950. The summed E-state index contributed by atoms with van der Waals surface area (Å²) >= 11 is 0. The molecule has 2 fully saturated rings. The molecule has 0 spiro atoms. The number of hydrogen-bond donors (Lipinski definition) is 1. The average molecular weight is 253 g/mol. The molecule has 0 radical (unpaired) electrons. The van der Waals surface area contributed by atoms with Crippen molar-refractivity contribution in [1.29, 1.82) is 0 Å². The van der Waals surface area contributed by atoms with Crippen LogP contribution in [0.25, 0.3) is 0 Å². The quantitative estimate of drug-likeness (QED) is 0.819. The van der Waals surface area contributed by atoms with Gasteiger partial charge in [0, 0.05) is 25.2 Å². The van der Waals surface area contributed by atoms with E-state index in [9.17, 15) is 4.79 Å². The molecule has 0 aromatic rings. The number of carbonyl (C=O) groups excluding carboxylic acids is 1. The Hall–Kier alpha value is -0.610. The minimum Gasteiger partial charge on any atom is -0.340 e. The number of likely N-dealkylation sites (tertiary alicyclic amines) is 1.